The normalized spacial score (nSPS) is 21.1. The minimum Gasteiger partial charge on any atom is -0.355 e. The van der Waals surface area contributed by atoms with Gasteiger partial charge in [-0.15, -0.1) is 0 Å². The van der Waals surface area contributed by atoms with Crippen LogP contribution >= 0.6 is 11.5 Å². The minimum atomic E-state index is -0.107. The third-order valence-corrected chi connectivity index (χ3v) is 3.53. The summed E-state index contributed by atoms with van der Waals surface area (Å²) < 4.78 is 4.12. The predicted octanol–water partition coefficient (Wildman–Crippen LogP) is 1.66. The number of aromatic nitrogens is 2. The van der Waals surface area contributed by atoms with Crippen LogP contribution in [0.1, 0.15) is 33.0 Å². The van der Waals surface area contributed by atoms with Gasteiger partial charge in [0, 0.05) is 30.0 Å². The van der Waals surface area contributed by atoms with Gasteiger partial charge in [0.15, 0.2) is 0 Å². The highest BCUT2D eigenvalue weighted by molar-refractivity contribution is 7.09. The quantitative estimate of drug-likeness (QED) is 0.872. The Morgan fingerprint density at radius 2 is 2.18 bits per heavy atom. The van der Waals surface area contributed by atoms with E-state index in [9.17, 15) is 4.79 Å². The maximum absolute atomic E-state index is 11.9. The molecule has 2 rings (SSSR count). The Bertz CT molecular complexity index is 423. The number of nitrogens with one attached hydrogen (secondary N) is 1. The summed E-state index contributed by atoms with van der Waals surface area (Å²) in [5.41, 5.74) is -0.107. The van der Waals surface area contributed by atoms with E-state index >= 15 is 0 Å². The van der Waals surface area contributed by atoms with Gasteiger partial charge in [-0.3, -0.25) is 4.79 Å². The number of carbonyl (C=O) groups is 1. The third-order valence-electron chi connectivity index (χ3n) is 2.79. The number of carbonyl (C=O) groups excluding carboxylic acids is 1. The number of hydrogen-bond donors (Lipinski definition) is 1. The van der Waals surface area contributed by atoms with Crippen molar-refractivity contribution in [1.29, 1.82) is 0 Å². The van der Waals surface area contributed by atoms with Gasteiger partial charge in [-0.25, -0.2) is 4.98 Å². The molecule has 94 valence electrons. The molecule has 0 bridgehead atoms. The first-order chi connectivity index (χ1) is 7.86. The SMILES string of the molecule is Cc1nsc(N[C@H]2CC(=O)N(C(C)(C)C)C2)n1. The Labute approximate surface area is 105 Å². The van der Waals surface area contributed by atoms with Crippen molar-refractivity contribution in [2.45, 2.75) is 45.7 Å². The second-order valence-corrected chi connectivity index (χ2v) is 6.12. The fourth-order valence-corrected chi connectivity index (χ4v) is 2.63. The van der Waals surface area contributed by atoms with Crippen LogP contribution in [0.3, 0.4) is 0 Å². The third kappa shape index (κ3) is 2.74. The zero-order valence-corrected chi connectivity index (χ0v) is 11.5. The smallest absolute Gasteiger partial charge is 0.225 e. The average molecular weight is 254 g/mol. The largest absolute Gasteiger partial charge is 0.355 e. The molecule has 1 N–H and O–H groups in total. The van der Waals surface area contributed by atoms with Crippen molar-refractivity contribution in [3.8, 4) is 0 Å². The average Bonchev–Trinajstić information content (AvgIpc) is 2.72. The van der Waals surface area contributed by atoms with Gasteiger partial charge in [0.05, 0.1) is 6.04 Å². The molecule has 0 radical (unpaired) electrons. The zero-order valence-electron chi connectivity index (χ0n) is 10.6. The first kappa shape index (κ1) is 12.3. The number of amides is 1. The molecule has 1 saturated heterocycles. The van der Waals surface area contributed by atoms with Gasteiger partial charge in [0.2, 0.25) is 11.0 Å². The first-order valence-electron chi connectivity index (χ1n) is 5.73. The maximum Gasteiger partial charge on any atom is 0.225 e. The fourth-order valence-electron chi connectivity index (χ4n) is 1.98. The summed E-state index contributed by atoms with van der Waals surface area (Å²) >= 11 is 1.34. The summed E-state index contributed by atoms with van der Waals surface area (Å²) in [4.78, 5) is 18.0. The van der Waals surface area contributed by atoms with Gasteiger partial charge in [-0.2, -0.15) is 4.37 Å². The summed E-state index contributed by atoms with van der Waals surface area (Å²) in [6.07, 6.45) is 0.538. The Morgan fingerprint density at radius 3 is 2.65 bits per heavy atom. The Balaban J connectivity index is 2.00. The van der Waals surface area contributed by atoms with Crippen LogP contribution in [0, 0.1) is 6.92 Å². The molecule has 0 aliphatic carbocycles. The summed E-state index contributed by atoms with van der Waals surface area (Å²) in [5.74, 6) is 0.978. The summed E-state index contributed by atoms with van der Waals surface area (Å²) in [7, 11) is 0. The molecule has 5 nitrogen and oxygen atoms in total. The van der Waals surface area contributed by atoms with E-state index in [1.807, 2.05) is 11.8 Å². The standard InChI is InChI=1S/C11H18N4OS/c1-7-12-10(17-14-7)13-8-5-9(16)15(6-8)11(2,3)4/h8H,5-6H2,1-4H3,(H,12,13,14)/t8-/m0/s1. The van der Waals surface area contributed by atoms with Crippen LogP contribution < -0.4 is 5.32 Å². The number of rotatable bonds is 2. The highest BCUT2D eigenvalue weighted by Gasteiger charge is 2.36. The molecule has 1 aliphatic heterocycles. The number of anilines is 1. The van der Waals surface area contributed by atoms with Gasteiger partial charge in [-0.05, 0) is 27.7 Å². The molecule has 1 aromatic heterocycles. The lowest BCUT2D eigenvalue weighted by Crippen LogP contribution is -2.43. The number of likely N-dealkylation sites (tertiary alicyclic amines) is 1. The van der Waals surface area contributed by atoms with Crippen molar-refractivity contribution in [3.05, 3.63) is 5.82 Å². The molecule has 6 heteroatoms. The fraction of sp³-hybridized carbons (Fsp3) is 0.727. The van der Waals surface area contributed by atoms with Gasteiger partial charge < -0.3 is 10.2 Å². The molecule has 17 heavy (non-hydrogen) atoms. The van der Waals surface area contributed by atoms with Gasteiger partial charge in [-0.1, -0.05) is 0 Å². The molecular formula is C11H18N4OS. The molecule has 1 aromatic rings. The first-order valence-corrected chi connectivity index (χ1v) is 6.51. The lowest BCUT2D eigenvalue weighted by Gasteiger charge is -2.32. The topological polar surface area (TPSA) is 58.1 Å². The highest BCUT2D eigenvalue weighted by atomic mass is 32.1. The molecule has 0 spiro atoms. The molecular weight excluding hydrogens is 236 g/mol. The van der Waals surface area contributed by atoms with E-state index in [-0.39, 0.29) is 17.5 Å². The summed E-state index contributed by atoms with van der Waals surface area (Å²) in [6, 6.07) is 0.147. The molecule has 0 saturated carbocycles. The Morgan fingerprint density at radius 1 is 1.47 bits per heavy atom. The van der Waals surface area contributed by atoms with E-state index in [4.69, 9.17) is 0 Å². The van der Waals surface area contributed by atoms with Crippen LogP contribution in [-0.2, 0) is 4.79 Å². The van der Waals surface area contributed by atoms with E-state index in [0.29, 0.717) is 6.42 Å². The maximum atomic E-state index is 11.9. The number of hydrogen-bond acceptors (Lipinski definition) is 5. The lowest BCUT2D eigenvalue weighted by molar-refractivity contribution is -0.131. The second-order valence-electron chi connectivity index (χ2n) is 5.37. The molecule has 2 heterocycles. The van der Waals surface area contributed by atoms with Gasteiger partial charge in [0.25, 0.3) is 0 Å². The molecule has 1 atom stereocenters. The van der Waals surface area contributed by atoms with Crippen molar-refractivity contribution >= 4 is 22.6 Å². The number of nitrogens with zero attached hydrogens (tertiary/aromatic N) is 3. The van der Waals surface area contributed by atoms with Crippen LogP contribution in [-0.4, -0.2) is 38.3 Å². The minimum absolute atomic E-state index is 0.107. The van der Waals surface area contributed by atoms with Crippen molar-refractivity contribution in [3.63, 3.8) is 0 Å². The van der Waals surface area contributed by atoms with Gasteiger partial charge >= 0.3 is 0 Å². The molecule has 1 fully saturated rings. The molecule has 0 unspecified atom stereocenters. The van der Waals surface area contributed by atoms with E-state index in [2.05, 4.69) is 35.4 Å². The molecule has 1 aliphatic rings. The monoisotopic (exact) mass is 254 g/mol. The van der Waals surface area contributed by atoms with Gasteiger partial charge in [0.1, 0.15) is 5.82 Å². The van der Waals surface area contributed by atoms with Crippen LogP contribution in [0.5, 0.6) is 0 Å². The number of aryl methyl sites for hydroxylation is 1. The van der Waals surface area contributed by atoms with E-state index in [0.717, 1.165) is 17.5 Å². The second kappa shape index (κ2) is 4.25. The molecule has 0 aromatic carbocycles. The Hall–Kier alpha value is -1.17. The van der Waals surface area contributed by atoms with E-state index < -0.39 is 0 Å². The highest BCUT2D eigenvalue weighted by Crippen LogP contribution is 2.24. The summed E-state index contributed by atoms with van der Waals surface area (Å²) in [6.45, 7) is 8.77. The van der Waals surface area contributed by atoms with E-state index in [1.54, 1.807) is 0 Å². The van der Waals surface area contributed by atoms with Crippen molar-refractivity contribution in [1.82, 2.24) is 14.3 Å². The van der Waals surface area contributed by atoms with Crippen LogP contribution in [0.4, 0.5) is 5.13 Å². The van der Waals surface area contributed by atoms with E-state index in [1.165, 1.54) is 11.5 Å². The van der Waals surface area contributed by atoms with Crippen molar-refractivity contribution < 1.29 is 4.79 Å². The zero-order chi connectivity index (χ0) is 12.6. The van der Waals surface area contributed by atoms with Crippen LogP contribution in [0.25, 0.3) is 0 Å². The van der Waals surface area contributed by atoms with Crippen LogP contribution in [0.15, 0.2) is 0 Å². The Kier molecular flexibility index (Phi) is 3.07. The molecule has 1 amide bonds. The van der Waals surface area contributed by atoms with Crippen molar-refractivity contribution in [2.24, 2.45) is 0 Å². The van der Waals surface area contributed by atoms with Crippen molar-refractivity contribution in [2.75, 3.05) is 11.9 Å². The summed E-state index contributed by atoms with van der Waals surface area (Å²) in [5, 5.41) is 4.08. The van der Waals surface area contributed by atoms with Crippen LogP contribution in [0.2, 0.25) is 0 Å². The lowest BCUT2D eigenvalue weighted by atomic mass is 10.1. The predicted molar refractivity (Wildman–Crippen MR) is 68.1 cm³/mol.